The van der Waals surface area contributed by atoms with Crippen molar-refractivity contribution in [1.29, 1.82) is 0 Å². The van der Waals surface area contributed by atoms with Crippen molar-refractivity contribution in [3.63, 3.8) is 0 Å². The zero-order valence-corrected chi connectivity index (χ0v) is 12.8. The van der Waals surface area contributed by atoms with Gasteiger partial charge in [0.15, 0.2) is 11.0 Å². The van der Waals surface area contributed by atoms with Crippen molar-refractivity contribution < 1.29 is 4.52 Å². The topological polar surface area (TPSA) is 89.6 Å². The van der Waals surface area contributed by atoms with Gasteiger partial charge in [0.05, 0.1) is 5.75 Å². The molecule has 2 heterocycles. The third-order valence-electron chi connectivity index (χ3n) is 3.08. The maximum atomic E-state index is 11.9. The van der Waals surface area contributed by atoms with Crippen molar-refractivity contribution in [3.05, 3.63) is 58.1 Å². The predicted molar refractivity (Wildman–Crippen MR) is 81.6 cm³/mol. The Balaban J connectivity index is 1.66. The van der Waals surface area contributed by atoms with Gasteiger partial charge in [0.2, 0.25) is 5.89 Å². The number of aromatic nitrogens is 5. The van der Waals surface area contributed by atoms with E-state index in [1.807, 2.05) is 30.3 Å². The number of aryl methyl sites for hydroxylation is 2. The molecule has 0 aliphatic rings. The summed E-state index contributed by atoms with van der Waals surface area (Å²) in [6.45, 7) is 2.34. The molecular formula is C14H15N5O2S. The SMILES string of the molecule is Cc1noc(CSc2n[nH]c(=O)n2CCc2ccccc2)n1. The molecule has 22 heavy (non-hydrogen) atoms. The molecule has 0 aliphatic heterocycles. The predicted octanol–water partition coefficient (Wildman–Crippen LogP) is 1.80. The zero-order chi connectivity index (χ0) is 15.4. The number of nitrogens with zero attached hydrogens (tertiary/aromatic N) is 4. The van der Waals surface area contributed by atoms with Gasteiger partial charge in [0.1, 0.15) is 0 Å². The second-order valence-corrected chi connectivity index (χ2v) is 5.67. The second-order valence-electron chi connectivity index (χ2n) is 4.72. The number of H-pyrrole nitrogens is 1. The van der Waals surface area contributed by atoms with E-state index in [1.54, 1.807) is 11.5 Å². The molecule has 0 aliphatic carbocycles. The molecule has 114 valence electrons. The Morgan fingerprint density at radius 3 is 2.86 bits per heavy atom. The van der Waals surface area contributed by atoms with Gasteiger partial charge in [-0.05, 0) is 18.9 Å². The lowest BCUT2D eigenvalue weighted by atomic mass is 10.1. The molecule has 0 unspecified atom stereocenters. The fraction of sp³-hybridized carbons (Fsp3) is 0.286. The second kappa shape index (κ2) is 6.61. The minimum atomic E-state index is -0.208. The summed E-state index contributed by atoms with van der Waals surface area (Å²) >= 11 is 1.39. The maximum Gasteiger partial charge on any atom is 0.343 e. The molecule has 0 spiro atoms. The Labute approximate surface area is 130 Å². The lowest BCUT2D eigenvalue weighted by Gasteiger charge is -2.04. The molecular weight excluding hydrogens is 302 g/mol. The molecule has 0 radical (unpaired) electrons. The van der Waals surface area contributed by atoms with Gasteiger partial charge in [-0.3, -0.25) is 4.57 Å². The molecule has 8 heteroatoms. The Bertz CT molecular complexity index is 793. The summed E-state index contributed by atoms with van der Waals surface area (Å²) < 4.78 is 6.68. The highest BCUT2D eigenvalue weighted by Gasteiger charge is 2.11. The largest absolute Gasteiger partial charge is 0.343 e. The number of hydrogen-bond donors (Lipinski definition) is 1. The molecule has 7 nitrogen and oxygen atoms in total. The van der Waals surface area contributed by atoms with Gasteiger partial charge in [0.25, 0.3) is 0 Å². The van der Waals surface area contributed by atoms with Gasteiger partial charge in [0, 0.05) is 6.54 Å². The highest BCUT2D eigenvalue weighted by atomic mass is 32.2. The molecule has 0 bridgehead atoms. The fourth-order valence-electron chi connectivity index (χ4n) is 2.02. The van der Waals surface area contributed by atoms with Crippen LogP contribution in [0.3, 0.4) is 0 Å². The number of aromatic amines is 1. The minimum absolute atomic E-state index is 0.208. The highest BCUT2D eigenvalue weighted by molar-refractivity contribution is 7.98. The third kappa shape index (κ3) is 3.45. The van der Waals surface area contributed by atoms with Gasteiger partial charge < -0.3 is 4.52 Å². The summed E-state index contributed by atoms with van der Waals surface area (Å²) in [6.07, 6.45) is 0.771. The van der Waals surface area contributed by atoms with E-state index in [-0.39, 0.29) is 5.69 Å². The normalized spacial score (nSPS) is 11.0. The number of hydrogen-bond acceptors (Lipinski definition) is 6. The van der Waals surface area contributed by atoms with Gasteiger partial charge in [-0.2, -0.15) is 4.98 Å². The lowest BCUT2D eigenvalue weighted by Crippen LogP contribution is -2.18. The summed E-state index contributed by atoms with van der Waals surface area (Å²) in [5.74, 6) is 1.60. The smallest absolute Gasteiger partial charge is 0.338 e. The van der Waals surface area contributed by atoms with Crippen LogP contribution in [0, 0.1) is 6.92 Å². The maximum absolute atomic E-state index is 11.9. The van der Waals surface area contributed by atoms with Crippen LogP contribution in [0.1, 0.15) is 17.3 Å². The zero-order valence-electron chi connectivity index (χ0n) is 12.0. The molecule has 0 atom stereocenters. The van der Waals surface area contributed by atoms with E-state index in [0.29, 0.717) is 29.2 Å². The van der Waals surface area contributed by atoms with Crippen molar-refractivity contribution in [1.82, 2.24) is 24.9 Å². The van der Waals surface area contributed by atoms with E-state index in [1.165, 1.54) is 17.3 Å². The van der Waals surface area contributed by atoms with Crippen LogP contribution in [-0.4, -0.2) is 24.9 Å². The van der Waals surface area contributed by atoms with Gasteiger partial charge in [-0.15, -0.1) is 5.10 Å². The standard InChI is InChI=1S/C14H15N5O2S/c1-10-15-12(21-18-10)9-22-14-17-16-13(20)19(14)8-7-11-5-3-2-4-6-11/h2-6H,7-9H2,1H3,(H,16,20). The molecule has 0 fully saturated rings. The van der Waals surface area contributed by atoms with E-state index >= 15 is 0 Å². The van der Waals surface area contributed by atoms with Gasteiger partial charge in [-0.1, -0.05) is 47.3 Å². The van der Waals surface area contributed by atoms with Crippen LogP contribution in [0.4, 0.5) is 0 Å². The van der Waals surface area contributed by atoms with E-state index in [0.717, 1.165) is 6.42 Å². The molecule has 1 aromatic carbocycles. The Morgan fingerprint density at radius 2 is 2.14 bits per heavy atom. The van der Waals surface area contributed by atoms with Crippen LogP contribution in [0.25, 0.3) is 0 Å². The van der Waals surface area contributed by atoms with Crippen molar-refractivity contribution in [2.45, 2.75) is 30.8 Å². The molecule has 3 rings (SSSR count). The average Bonchev–Trinajstić information content (AvgIpc) is 3.10. The minimum Gasteiger partial charge on any atom is -0.338 e. The first-order chi connectivity index (χ1) is 10.7. The van der Waals surface area contributed by atoms with Crippen LogP contribution in [0.15, 0.2) is 44.8 Å². The van der Waals surface area contributed by atoms with Crippen molar-refractivity contribution in [2.75, 3.05) is 0 Å². The van der Waals surface area contributed by atoms with E-state index < -0.39 is 0 Å². The first kappa shape index (κ1) is 14.6. The first-order valence-electron chi connectivity index (χ1n) is 6.83. The molecule has 1 N–H and O–H groups in total. The summed E-state index contributed by atoms with van der Waals surface area (Å²) in [6, 6.07) is 10.0. The molecule has 3 aromatic rings. The van der Waals surface area contributed by atoms with Crippen LogP contribution in [0.5, 0.6) is 0 Å². The lowest BCUT2D eigenvalue weighted by molar-refractivity contribution is 0.387. The van der Waals surface area contributed by atoms with Crippen LogP contribution in [-0.2, 0) is 18.7 Å². The Hall–Kier alpha value is -2.35. The van der Waals surface area contributed by atoms with Crippen LogP contribution >= 0.6 is 11.8 Å². The Kier molecular flexibility index (Phi) is 4.38. The molecule has 0 saturated carbocycles. The number of benzene rings is 1. The molecule has 0 amide bonds. The average molecular weight is 317 g/mol. The van der Waals surface area contributed by atoms with Crippen LogP contribution in [0.2, 0.25) is 0 Å². The number of nitrogens with one attached hydrogen (secondary N) is 1. The molecule has 0 saturated heterocycles. The summed E-state index contributed by atoms with van der Waals surface area (Å²) in [7, 11) is 0. The summed E-state index contributed by atoms with van der Waals surface area (Å²) in [5, 5.41) is 10.9. The van der Waals surface area contributed by atoms with E-state index in [2.05, 4.69) is 20.3 Å². The summed E-state index contributed by atoms with van der Waals surface area (Å²) in [4.78, 5) is 16.0. The summed E-state index contributed by atoms with van der Waals surface area (Å²) in [5.41, 5.74) is 0.971. The first-order valence-corrected chi connectivity index (χ1v) is 7.82. The van der Waals surface area contributed by atoms with Crippen molar-refractivity contribution in [2.24, 2.45) is 0 Å². The van der Waals surface area contributed by atoms with Crippen molar-refractivity contribution >= 4 is 11.8 Å². The Morgan fingerprint density at radius 1 is 1.32 bits per heavy atom. The third-order valence-corrected chi connectivity index (χ3v) is 4.05. The molecule has 2 aromatic heterocycles. The number of rotatable bonds is 6. The van der Waals surface area contributed by atoms with E-state index in [9.17, 15) is 4.79 Å². The number of thioether (sulfide) groups is 1. The van der Waals surface area contributed by atoms with E-state index in [4.69, 9.17) is 4.52 Å². The highest BCUT2D eigenvalue weighted by Crippen LogP contribution is 2.18. The van der Waals surface area contributed by atoms with Crippen LogP contribution < -0.4 is 5.69 Å². The quantitative estimate of drug-likeness (QED) is 0.697. The van der Waals surface area contributed by atoms with Gasteiger partial charge in [-0.25, -0.2) is 9.89 Å². The fourth-order valence-corrected chi connectivity index (χ4v) is 2.83. The van der Waals surface area contributed by atoms with Gasteiger partial charge >= 0.3 is 5.69 Å². The van der Waals surface area contributed by atoms with Crippen molar-refractivity contribution in [3.8, 4) is 0 Å². The monoisotopic (exact) mass is 317 g/mol.